The first-order valence-electron chi connectivity index (χ1n) is 7.78. The Morgan fingerprint density at radius 3 is 2.54 bits per heavy atom. The van der Waals surface area contributed by atoms with Crippen molar-refractivity contribution in [3.8, 4) is 0 Å². The average molecular weight is 346 g/mol. The second-order valence-corrected chi connectivity index (χ2v) is 6.65. The van der Waals surface area contributed by atoms with Gasteiger partial charge in [0.2, 0.25) is 5.91 Å². The van der Waals surface area contributed by atoms with Crippen LogP contribution in [0, 0.1) is 13.8 Å². The van der Waals surface area contributed by atoms with E-state index in [2.05, 4.69) is 10.6 Å². The van der Waals surface area contributed by atoms with Gasteiger partial charge in [-0.15, -0.1) is 0 Å². The SMILES string of the molecule is Cc1cc(C)cc(C(=O)NCC(=O)NCCSCc2ccco2)c1. The first kappa shape index (κ1) is 18.1. The first-order valence-corrected chi connectivity index (χ1v) is 8.93. The monoisotopic (exact) mass is 346 g/mol. The van der Waals surface area contributed by atoms with Crippen molar-refractivity contribution in [1.82, 2.24) is 10.6 Å². The second kappa shape index (κ2) is 9.17. The Morgan fingerprint density at radius 2 is 1.88 bits per heavy atom. The van der Waals surface area contributed by atoms with Gasteiger partial charge in [-0.3, -0.25) is 9.59 Å². The van der Waals surface area contributed by atoms with Crippen LogP contribution in [-0.4, -0.2) is 30.7 Å². The number of nitrogens with one attached hydrogen (secondary N) is 2. The van der Waals surface area contributed by atoms with Gasteiger partial charge in [0.05, 0.1) is 18.6 Å². The lowest BCUT2D eigenvalue weighted by Crippen LogP contribution is -2.37. The summed E-state index contributed by atoms with van der Waals surface area (Å²) < 4.78 is 5.23. The number of carbonyl (C=O) groups excluding carboxylic acids is 2. The Bertz CT molecular complexity index is 663. The summed E-state index contributed by atoms with van der Waals surface area (Å²) in [6, 6.07) is 9.41. The van der Waals surface area contributed by atoms with E-state index in [0.29, 0.717) is 12.1 Å². The highest BCUT2D eigenvalue weighted by Gasteiger charge is 2.08. The maximum atomic E-state index is 12.1. The van der Waals surface area contributed by atoms with Gasteiger partial charge in [0, 0.05) is 17.9 Å². The van der Waals surface area contributed by atoms with E-state index in [4.69, 9.17) is 4.42 Å². The molecule has 1 heterocycles. The largest absolute Gasteiger partial charge is 0.468 e. The third-order valence-electron chi connectivity index (χ3n) is 3.29. The van der Waals surface area contributed by atoms with Crippen molar-refractivity contribution in [1.29, 1.82) is 0 Å². The third-order valence-corrected chi connectivity index (χ3v) is 4.27. The molecule has 24 heavy (non-hydrogen) atoms. The van der Waals surface area contributed by atoms with Gasteiger partial charge in [-0.2, -0.15) is 11.8 Å². The quantitative estimate of drug-likeness (QED) is 0.721. The van der Waals surface area contributed by atoms with Crippen LogP contribution in [0.4, 0.5) is 0 Å². The normalized spacial score (nSPS) is 10.4. The molecule has 0 saturated carbocycles. The Kier molecular flexibility index (Phi) is 6.93. The van der Waals surface area contributed by atoms with E-state index in [-0.39, 0.29) is 18.4 Å². The number of furan rings is 1. The van der Waals surface area contributed by atoms with Crippen LogP contribution in [0.25, 0.3) is 0 Å². The van der Waals surface area contributed by atoms with Crippen LogP contribution in [0.2, 0.25) is 0 Å². The number of aryl methyl sites for hydroxylation is 2. The van der Waals surface area contributed by atoms with Gasteiger partial charge < -0.3 is 15.1 Å². The summed E-state index contributed by atoms with van der Waals surface area (Å²) in [5.74, 6) is 2.08. The minimum Gasteiger partial charge on any atom is -0.468 e. The summed E-state index contributed by atoms with van der Waals surface area (Å²) in [4.78, 5) is 23.8. The highest BCUT2D eigenvalue weighted by Crippen LogP contribution is 2.11. The summed E-state index contributed by atoms with van der Waals surface area (Å²) >= 11 is 1.68. The van der Waals surface area contributed by atoms with Gasteiger partial charge in [0.25, 0.3) is 5.91 Å². The molecule has 1 aromatic heterocycles. The molecule has 0 bridgehead atoms. The van der Waals surface area contributed by atoms with Crippen molar-refractivity contribution in [3.63, 3.8) is 0 Å². The Hall–Kier alpha value is -2.21. The molecule has 0 aliphatic heterocycles. The number of thioether (sulfide) groups is 1. The number of hydrogen-bond acceptors (Lipinski definition) is 4. The molecule has 2 amide bonds. The zero-order valence-corrected chi connectivity index (χ0v) is 14.7. The van der Waals surface area contributed by atoms with Gasteiger partial charge in [-0.25, -0.2) is 0 Å². The average Bonchev–Trinajstić information content (AvgIpc) is 3.04. The van der Waals surface area contributed by atoms with Crippen LogP contribution in [0.3, 0.4) is 0 Å². The van der Waals surface area contributed by atoms with Gasteiger partial charge >= 0.3 is 0 Å². The van der Waals surface area contributed by atoms with Crippen molar-refractivity contribution >= 4 is 23.6 Å². The molecule has 6 heteroatoms. The van der Waals surface area contributed by atoms with Gasteiger partial charge in [-0.1, -0.05) is 17.2 Å². The molecule has 0 aliphatic rings. The molecule has 0 saturated heterocycles. The molecule has 5 nitrogen and oxygen atoms in total. The van der Waals surface area contributed by atoms with Gasteiger partial charge in [0.15, 0.2) is 0 Å². The molecule has 0 radical (unpaired) electrons. The lowest BCUT2D eigenvalue weighted by Gasteiger charge is -2.08. The highest BCUT2D eigenvalue weighted by atomic mass is 32.2. The van der Waals surface area contributed by atoms with Crippen LogP contribution >= 0.6 is 11.8 Å². The van der Waals surface area contributed by atoms with E-state index in [9.17, 15) is 9.59 Å². The maximum Gasteiger partial charge on any atom is 0.251 e. The summed E-state index contributed by atoms with van der Waals surface area (Å²) in [5, 5.41) is 5.43. The minimum absolute atomic E-state index is 0.0192. The topological polar surface area (TPSA) is 71.3 Å². The van der Waals surface area contributed by atoms with E-state index >= 15 is 0 Å². The molecule has 0 fully saturated rings. The summed E-state index contributed by atoms with van der Waals surface area (Å²) in [6.07, 6.45) is 1.65. The Morgan fingerprint density at radius 1 is 1.12 bits per heavy atom. The Labute approximate surface area is 146 Å². The molecule has 0 aliphatic carbocycles. The molecular weight excluding hydrogens is 324 g/mol. The zero-order chi connectivity index (χ0) is 17.4. The summed E-state index contributed by atoms with van der Waals surface area (Å²) in [7, 11) is 0. The Balaban J connectivity index is 1.62. The fraction of sp³-hybridized carbons (Fsp3) is 0.333. The van der Waals surface area contributed by atoms with Gasteiger partial charge in [0.1, 0.15) is 5.76 Å². The molecule has 0 atom stereocenters. The number of amides is 2. The molecular formula is C18H22N2O3S. The lowest BCUT2D eigenvalue weighted by atomic mass is 10.1. The van der Waals surface area contributed by atoms with Crippen molar-refractivity contribution in [2.24, 2.45) is 0 Å². The molecule has 0 spiro atoms. The van der Waals surface area contributed by atoms with Crippen molar-refractivity contribution in [3.05, 3.63) is 59.0 Å². The van der Waals surface area contributed by atoms with Crippen LogP contribution in [0.5, 0.6) is 0 Å². The van der Waals surface area contributed by atoms with Crippen molar-refractivity contribution in [2.45, 2.75) is 19.6 Å². The molecule has 2 N–H and O–H groups in total. The minimum atomic E-state index is -0.232. The predicted octanol–water partition coefficient (Wildman–Crippen LogP) is 2.68. The lowest BCUT2D eigenvalue weighted by molar-refractivity contribution is -0.120. The van der Waals surface area contributed by atoms with E-state index in [1.165, 1.54) is 0 Å². The second-order valence-electron chi connectivity index (χ2n) is 5.54. The highest BCUT2D eigenvalue weighted by molar-refractivity contribution is 7.98. The molecule has 2 rings (SSSR count). The summed E-state index contributed by atoms with van der Waals surface area (Å²) in [5.41, 5.74) is 2.63. The third kappa shape index (κ3) is 6.12. The number of hydrogen-bond donors (Lipinski definition) is 2. The molecule has 0 unspecified atom stereocenters. The number of benzene rings is 1. The summed E-state index contributed by atoms with van der Waals surface area (Å²) in [6.45, 7) is 4.42. The van der Waals surface area contributed by atoms with E-state index in [1.54, 1.807) is 18.0 Å². The van der Waals surface area contributed by atoms with Crippen LogP contribution in [0.15, 0.2) is 41.0 Å². The van der Waals surface area contributed by atoms with E-state index in [0.717, 1.165) is 28.4 Å². The van der Waals surface area contributed by atoms with Crippen LogP contribution < -0.4 is 10.6 Å². The molecule has 1 aromatic carbocycles. The fourth-order valence-electron chi connectivity index (χ4n) is 2.26. The van der Waals surface area contributed by atoms with Crippen LogP contribution in [-0.2, 0) is 10.5 Å². The fourth-order valence-corrected chi connectivity index (χ4v) is 3.02. The standard InChI is InChI=1S/C18H22N2O3S/c1-13-8-14(2)10-15(9-13)18(22)20-11-17(21)19-5-7-24-12-16-4-3-6-23-16/h3-4,6,8-10H,5,7,11-12H2,1-2H3,(H,19,21)(H,20,22). The van der Waals surface area contributed by atoms with Crippen LogP contribution in [0.1, 0.15) is 27.2 Å². The number of carbonyl (C=O) groups is 2. The van der Waals surface area contributed by atoms with Crippen molar-refractivity contribution in [2.75, 3.05) is 18.8 Å². The molecule has 2 aromatic rings. The van der Waals surface area contributed by atoms with Gasteiger partial charge in [-0.05, 0) is 38.1 Å². The molecule has 128 valence electrons. The zero-order valence-electron chi connectivity index (χ0n) is 13.9. The number of rotatable bonds is 8. The smallest absolute Gasteiger partial charge is 0.251 e. The van der Waals surface area contributed by atoms with E-state index < -0.39 is 0 Å². The van der Waals surface area contributed by atoms with Crippen molar-refractivity contribution < 1.29 is 14.0 Å². The van der Waals surface area contributed by atoms with E-state index in [1.807, 2.05) is 44.2 Å². The first-order chi connectivity index (χ1) is 11.5. The predicted molar refractivity (Wildman–Crippen MR) is 96.1 cm³/mol. The maximum absolute atomic E-state index is 12.1.